The number of piperidine rings is 1. The fourth-order valence-corrected chi connectivity index (χ4v) is 2.96. The number of hydrogen-bond donors (Lipinski definition) is 0. The van der Waals surface area contributed by atoms with Crippen molar-refractivity contribution in [2.45, 2.75) is 19.8 Å². The number of amides is 1. The first-order chi connectivity index (χ1) is 11.1. The van der Waals surface area contributed by atoms with Crippen molar-refractivity contribution in [1.29, 1.82) is 0 Å². The van der Waals surface area contributed by atoms with Crippen LogP contribution < -0.4 is 10.3 Å². The molecule has 1 fully saturated rings. The van der Waals surface area contributed by atoms with Gasteiger partial charge in [-0.25, -0.2) is 0 Å². The van der Waals surface area contributed by atoms with Crippen molar-refractivity contribution >= 4 is 16.7 Å². The number of ether oxygens (including phenoxy) is 1. The van der Waals surface area contributed by atoms with Gasteiger partial charge in [0.2, 0.25) is 0 Å². The molecule has 1 aliphatic heterocycles. The number of benzene rings is 1. The average Bonchev–Trinajstić information content (AvgIpc) is 2.56. The van der Waals surface area contributed by atoms with Gasteiger partial charge in [-0.15, -0.1) is 0 Å². The molecule has 0 bridgehead atoms. The zero-order valence-corrected chi connectivity index (χ0v) is 13.6. The summed E-state index contributed by atoms with van der Waals surface area (Å²) in [7, 11) is 1.72. The Morgan fingerprint density at radius 3 is 2.70 bits per heavy atom. The number of likely N-dealkylation sites (tertiary alicyclic amines) is 1. The predicted octanol–water partition coefficient (Wildman–Crippen LogP) is 2.18. The molecule has 5 heteroatoms. The van der Waals surface area contributed by atoms with Gasteiger partial charge in [0.25, 0.3) is 11.5 Å². The van der Waals surface area contributed by atoms with Crippen molar-refractivity contribution in [1.82, 2.24) is 9.47 Å². The summed E-state index contributed by atoms with van der Waals surface area (Å²) in [5, 5.41) is 1.35. The van der Waals surface area contributed by atoms with Crippen molar-refractivity contribution < 1.29 is 9.53 Å². The van der Waals surface area contributed by atoms with Crippen LogP contribution in [0.4, 0.5) is 0 Å². The summed E-state index contributed by atoms with van der Waals surface area (Å²) in [5.41, 5.74) is -0.0655. The van der Waals surface area contributed by atoms with Crippen LogP contribution in [0, 0.1) is 5.92 Å². The van der Waals surface area contributed by atoms with Crippen LogP contribution >= 0.6 is 0 Å². The van der Waals surface area contributed by atoms with E-state index in [0.29, 0.717) is 17.1 Å². The summed E-state index contributed by atoms with van der Waals surface area (Å²) in [6, 6.07) is 7.21. The minimum atomic E-state index is -0.0655. The summed E-state index contributed by atoms with van der Waals surface area (Å²) in [4.78, 5) is 26.3. The Morgan fingerprint density at radius 1 is 1.22 bits per heavy atom. The van der Waals surface area contributed by atoms with Crippen LogP contribution in [0.3, 0.4) is 0 Å². The standard InChI is InChI=1S/C18H22N2O3/c1-13-6-10-20(11-7-13)17(21)12-23-16-5-3-4-15-14(16)8-9-19(2)18(15)22/h3-5,8-9,13H,6-7,10-12H2,1-2H3. The Labute approximate surface area is 135 Å². The maximum atomic E-state index is 12.3. The van der Waals surface area contributed by atoms with E-state index in [4.69, 9.17) is 4.74 Å². The van der Waals surface area contributed by atoms with Crippen LogP contribution in [0.5, 0.6) is 5.75 Å². The maximum absolute atomic E-state index is 12.3. The minimum Gasteiger partial charge on any atom is -0.483 e. The molecule has 1 aromatic carbocycles. The van der Waals surface area contributed by atoms with E-state index in [0.717, 1.165) is 31.3 Å². The minimum absolute atomic E-state index is 0.0118. The highest BCUT2D eigenvalue weighted by atomic mass is 16.5. The molecule has 0 unspecified atom stereocenters. The molecule has 2 aromatic rings. The van der Waals surface area contributed by atoms with E-state index in [1.165, 1.54) is 4.57 Å². The molecule has 1 aliphatic rings. The number of nitrogens with zero attached hydrogens (tertiary/aromatic N) is 2. The van der Waals surface area contributed by atoms with Crippen molar-refractivity contribution in [3.63, 3.8) is 0 Å². The number of carbonyl (C=O) groups excluding carboxylic acids is 1. The molecule has 0 atom stereocenters. The van der Waals surface area contributed by atoms with Crippen LogP contribution in [-0.2, 0) is 11.8 Å². The lowest BCUT2D eigenvalue weighted by Crippen LogP contribution is -2.40. The number of aryl methyl sites for hydroxylation is 1. The van der Waals surface area contributed by atoms with Gasteiger partial charge in [0, 0.05) is 31.7 Å². The van der Waals surface area contributed by atoms with Gasteiger partial charge in [-0.2, -0.15) is 0 Å². The van der Waals surface area contributed by atoms with E-state index < -0.39 is 0 Å². The van der Waals surface area contributed by atoms with Gasteiger partial charge in [-0.05, 0) is 37.0 Å². The van der Waals surface area contributed by atoms with Gasteiger partial charge in [-0.3, -0.25) is 9.59 Å². The van der Waals surface area contributed by atoms with Gasteiger partial charge in [0.1, 0.15) is 5.75 Å². The Kier molecular flexibility index (Phi) is 4.37. The molecule has 2 heterocycles. The molecular formula is C18H22N2O3. The third-order valence-electron chi connectivity index (χ3n) is 4.57. The van der Waals surface area contributed by atoms with E-state index in [9.17, 15) is 9.59 Å². The van der Waals surface area contributed by atoms with Gasteiger partial charge < -0.3 is 14.2 Å². The SMILES string of the molecule is CC1CCN(C(=O)COc2cccc3c(=O)n(C)ccc23)CC1. The molecule has 1 amide bonds. The third kappa shape index (κ3) is 3.23. The number of pyridine rings is 1. The maximum Gasteiger partial charge on any atom is 0.260 e. The highest BCUT2D eigenvalue weighted by molar-refractivity contribution is 5.88. The normalized spacial score (nSPS) is 15.8. The van der Waals surface area contributed by atoms with Crippen molar-refractivity contribution in [3.8, 4) is 5.75 Å². The second-order valence-corrected chi connectivity index (χ2v) is 6.30. The second-order valence-electron chi connectivity index (χ2n) is 6.30. The predicted molar refractivity (Wildman–Crippen MR) is 89.7 cm³/mol. The Balaban J connectivity index is 1.74. The quantitative estimate of drug-likeness (QED) is 0.872. The number of carbonyl (C=O) groups is 1. The molecule has 0 radical (unpaired) electrons. The molecule has 0 N–H and O–H groups in total. The highest BCUT2D eigenvalue weighted by Gasteiger charge is 2.20. The van der Waals surface area contributed by atoms with Crippen LogP contribution in [-0.4, -0.2) is 35.1 Å². The van der Waals surface area contributed by atoms with E-state index >= 15 is 0 Å². The molecule has 0 saturated carbocycles. The lowest BCUT2D eigenvalue weighted by molar-refractivity contribution is -0.134. The van der Waals surface area contributed by atoms with E-state index in [1.807, 2.05) is 11.0 Å². The molecule has 3 rings (SSSR count). The van der Waals surface area contributed by atoms with Crippen molar-refractivity contribution in [3.05, 3.63) is 40.8 Å². The smallest absolute Gasteiger partial charge is 0.260 e. The summed E-state index contributed by atoms with van der Waals surface area (Å²) < 4.78 is 7.25. The average molecular weight is 314 g/mol. The first kappa shape index (κ1) is 15.6. The van der Waals surface area contributed by atoms with Gasteiger partial charge in [0.05, 0.1) is 5.39 Å². The highest BCUT2D eigenvalue weighted by Crippen LogP contribution is 2.23. The summed E-state index contributed by atoms with van der Waals surface area (Å²) in [6.07, 6.45) is 3.82. The summed E-state index contributed by atoms with van der Waals surface area (Å²) in [6.45, 7) is 3.84. The van der Waals surface area contributed by atoms with Gasteiger partial charge in [-0.1, -0.05) is 13.0 Å². The topological polar surface area (TPSA) is 51.5 Å². The summed E-state index contributed by atoms with van der Waals surface area (Å²) >= 11 is 0. The van der Waals surface area contributed by atoms with Crippen LogP contribution in [0.2, 0.25) is 0 Å². The van der Waals surface area contributed by atoms with Crippen LogP contribution in [0.15, 0.2) is 35.3 Å². The molecule has 1 aromatic heterocycles. The fourth-order valence-electron chi connectivity index (χ4n) is 2.96. The number of aromatic nitrogens is 1. The molecule has 1 saturated heterocycles. The largest absolute Gasteiger partial charge is 0.483 e. The van der Waals surface area contributed by atoms with Crippen LogP contribution in [0.25, 0.3) is 10.8 Å². The zero-order valence-electron chi connectivity index (χ0n) is 13.6. The summed E-state index contributed by atoms with van der Waals surface area (Å²) in [5.74, 6) is 1.28. The van der Waals surface area contributed by atoms with Crippen LogP contribution in [0.1, 0.15) is 19.8 Å². The lowest BCUT2D eigenvalue weighted by atomic mass is 9.99. The molecule has 122 valence electrons. The number of rotatable bonds is 3. The molecule has 0 aliphatic carbocycles. The van der Waals surface area contributed by atoms with E-state index in [-0.39, 0.29) is 18.1 Å². The number of fused-ring (bicyclic) bond motifs is 1. The molecule has 0 spiro atoms. The first-order valence-electron chi connectivity index (χ1n) is 8.05. The van der Waals surface area contributed by atoms with Crippen molar-refractivity contribution in [2.24, 2.45) is 13.0 Å². The molecular weight excluding hydrogens is 292 g/mol. The van der Waals surface area contributed by atoms with E-state index in [2.05, 4.69) is 6.92 Å². The van der Waals surface area contributed by atoms with Gasteiger partial charge in [0.15, 0.2) is 6.61 Å². The monoisotopic (exact) mass is 314 g/mol. The Morgan fingerprint density at radius 2 is 1.96 bits per heavy atom. The number of hydrogen-bond acceptors (Lipinski definition) is 3. The fraction of sp³-hybridized carbons (Fsp3) is 0.444. The third-order valence-corrected chi connectivity index (χ3v) is 4.57. The molecule has 5 nitrogen and oxygen atoms in total. The zero-order chi connectivity index (χ0) is 16.4. The Bertz CT molecular complexity index is 773. The van der Waals surface area contributed by atoms with Crippen molar-refractivity contribution in [2.75, 3.05) is 19.7 Å². The lowest BCUT2D eigenvalue weighted by Gasteiger charge is -2.30. The Hall–Kier alpha value is -2.30. The molecule has 23 heavy (non-hydrogen) atoms. The van der Waals surface area contributed by atoms with Gasteiger partial charge >= 0.3 is 0 Å². The second kappa shape index (κ2) is 6.44. The van der Waals surface area contributed by atoms with E-state index in [1.54, 1.807) is 31.4 Å². The first-order valence-corrected chi connectivity index (χ1v) is 8.05.